The maximum Gasteiger partial charge on any atom is 0.573 e. The first-order chi connectivity index (χ1) is 15.0. The molecule has 1 N–H and O–H groups in total. The molecule has 3 rings (SSSR count). The Balaban J connectivity index is 1.80. The van der Waals surface area contributed by atoms with Gasteiger partial charge in [0, 0.05) is 6.07 Å². The minimum atomic E-state index is -4.86. The van der Waals surface area contributed by atoms with Crippen LogP contribution in [0.1, 0.15) is 22.8 Å². The van der Waals surface area contributed by atoms with Crippen molar-refractivity contribution in [2.45, 2.75) is 18.8 Å². The number of carbonyl (C=O) groups is 3. The lowest BCUT2D eigenvalue weighted by atomic mass is 9.92. The summed E-state index contributed by atoms with van der Waals surface area (Å²) in [6.07, 6.45) is -4.86. The van der Waals surface area contributed by atoms with Crippen LogP contribution in [0.2, 0.25) is 0 Å². The number of benzene rings is 2. The second-order valence-electron chi connectivity index (χ2n) is 7.01. The number of hydrogen-bond donors (Lipinski definition) is 1. The molecule has 8 nitrogen and oxygen atoms in total. The lowest BCUT2D eigenvalue weighted by molar-refractivity contribution is -0.274. The Kier molecular flexibility index (Phi) is 6.02. The van der Waals surface area contributed by atoms with E-state index in [0.29, 0.717) is 5.75 Å². The van der Waals surface area contributed by atoms with Gasteiger partial charge in [0.05, 0.1) is 26.3 Å². The largest absolute Gasteiger partial charge is 0.573 e. The van der Waals surface area contributed by atoms with E-state index in [1.54, 1.807) is 0 Å². The number of nitrogens with zero attached hydrogens (tertiary/aromatic N) is 1. The van der Waals surface area contributed by atoms with Gasteiger partial charge < -0.3 is 19.5 Å². The van der Waals surface area contributed by atoms with Crippen molar-refractivity contribution in [1.29, 1.82) is 0 Å². The van der Waals surface area contributed by atoms with E-state index in [1.807, 2.05) is 0 Å². The number of Topliss-reactive ketones (excluding diaryl/α,β-unsaturated/α-hetero) is 1. The average Bonchev–Trinajstić information content (AvgIpc) is 2.96. The summed E-state index contributed by atoms with van der Waals surface area (Å²) in [6, 6.07) is 8.21. The number of carbonyl (C=O) groups excluding carboxylic acids is 3. The summed E-state index contributed by atoms with van der Waals surface area (Å²) in [6.45, 7) is 0.837. The quantitative estimate of drug-likeness (QED) is 0.512. The summed E-state index contributed by atoms with van der Waals surface area (Å²) in [7, 11) is 2.81. The summed E-state index contributed by atoms with van der Waals surface area (Å²) in [5, 5.41) is 2.49. The fourth-order valence-corrected chi connectivity index (χ4v) is 3.28. The number of hydrogen-bond acceptors (Lipinski definition) is 6. The van der Waals surface area contributed by atoms with Crippen molar-refractivity contribution in [2.75, 3.05) is 20.8 Å². The number of halogens is 3. The van der Waals surface area contributed by atoms with E-state index in [9.17, 15) is 27.6 Å². The third-order valence-corrected chi connectivity index (χ3v) is 4.95. The molecule has 1 heterocycles. The summed E-state index contributed by atoms with van der Waals surface area (Å²) < 4.78 is 51.1. The van der Waals surface area contributed by atoms with Gasteiger partial charge in [-0.15, -0.1) is 13.2 Å². The number of amides is 3. The predicted octanol–water partition coefficient (Wildman–Crippen LogP) is 3.25. The predicted molar refractivity (Wildman–Crippen MR) is 105 cm³/mol. The molecule has 0 spiro atoms. The van der Waals surface area contributed by atoms with Gasteiger partial charge in [0.1, 0.15) is 22.8 Å². The molecule has 0 aromatic heterocycles. The van der Waals surface area contributed by atoms with E-state index >= 15 is 0 Å². The van der Waals surface area contributed by atoms with Crippen molar-refractivity contribution in [3.8, 4) is 17.2 Å². The van der Waals surface area contributed by atoms with Crippen molar-refractivity contribution < 1.29 is 41.8 Å². The summed E-state index contributed by atoms with van der Waals surface area (Å²) in [5.74, 6) is -1.08. The van der Waals surface area contributed by atoms with Crippen molar-refractivity contribution >= 4 is 17.7 Å². The molecule has 2 aromatic rings. The number of ether oxygens (including phenoxy) is 3. The van der Waals surface area contributed by atoms with Gasteiger partial charge in [-0.25, -0.2) is 4.79 Å². The van der Waals surface area contributed by atoms with Crippen molar-refractivity contribution in [1.82, 2.24) is 10.2 Å². The zero-order valence-electron chi connectivity index (χ0n) is 17.3. The Morgan fingerprint density at radius 2 is 1.66 bits per heavy atom. The van der Waals surface area contributed by atoms with Crippen molar-refractivity contribution in [2.24, 2.45) is 0 Å². The van der Waals surface area contributed by atoms with E-state index < -0.39 is 41.9 Å². The third kappa shape index (κ3) is 4.46. The third-order valence-electron chi connectivity index (χ3n) is 4.95. The van der Waals surface area contributed by atoms with E-state index in [1.165, 1.54) is 51.5 Å². The molecule has 3 amide bonds. The number of urea groups is 1. The van der Waals surface area contributed by atoms with E-state index in [4.69, 9.17) is 9.47 Å². The molecule has 170 valence electrons. The van der Waals surface area contributed by atoms with Crippen LogP contribution < -0.4 is 19.5 Å². The highest BCUT2D eigenvalue weighted by Crippen LogP contribution is 2.32. The maximum absolute atomic E-state index is 13.0. The molecule has 1 saturated heterocycles. The van der Waals surface area contributed by atoms with Gasteiger partial charge in [0.2, 0.25) is 0 Å². The first kappa shape index (κ1) is 22.9. The van der Waals surface area contributed by atoms with Crippen molar-refractivity contribution in [3.05, 3.63) is 53.6 Å². The van der Waals surface area contributed by atoms with E-state index in [2.05, 4.69) is 10.1 Å². The second kappa shape index (κ2) is 8.40. The van der Waals surface area contributed by atoms with Crippen LogP contribution in [0.3, 0.4) is 0 Å². The molecule has 1 atom stereocenters. The topological polar surface area (TPSA) is 94.2 Å². The fourth-order valence-electron chi connectivity index (χ4n) is 3.28. The Morgan fingerprint density at radius 1 is 1.03 bits per heavy atom. The molecule has 32 heavy (non-hydrogen) atoms. The van der Waals surface area contributed by atoms with Crippen molar-refractivity contribution in [3.63, 3.8) is 0 Å². The number of rotatable bonds is 7. The molecule has 0 saturated carbocycles. The SMILES string of the molecule is COc1ccc(C(=O)CN2C(=O)NC(C)(c3ccc(OC(F)(F)F)cc3)C2=O)c(OC)c1. The molecule has 11 heteroatoms. The molecule has 0 aliphatic carbocycles. The normalized spacial score (nSPS) is 18.4. The second-order valence-corrected chi connectivity index (χ2v) is 7.01. The highest BCUT2D eigenvalue weighted by atomic mass is 19.4. The molecular formula is C21H19F3N2O6. The minimum absolute atomic E-state index is 0.149. The number of methoxy groups -OCH3 is 2. The molecule has 2 aromatic carbocycles. The highest BCUT2D eigenvalue weighted by molar-refractivity contribution is 6.11. The summed E-state index contributed by atoms with van der Waals surface area (Å²) in [4.78, 5) is 39.0. The van der Waals surface area contributed by atoms with Crippen LogP contribution in [0, 0.1) is 0 Å². The number of alkyl halides is 3. The number of nitrogens with one attached hydrogen (secondary N) is 1. The van der Waals surface area contributed by atoms with E-state index in [-0.39, 0.29) is 16.9 Å². The van der Waals surface area contributed by atoms with Gasteiger partial charge in [-0.3, -0.25) is 14.5 Å². The monoisotopic (exact) mass is 452 g/mol. The van der Waals surface area contributed by atoms with Crippen LogP contribution in [-0.2, 0) is 10.3 Å². The van der Waals surface area contributed by atoms with Crippen LogP contribution >= 0.6 is 0 Å². The highest BCUT2D eigenvalue weighted by Gasteiger charge is 2.49. The first-order valence-corrected chi connectivity index (χ1v) is 9.24. The smallest absolute Gasteiger partial charge is 0.497 e. The molecule has 1 aliphatic heterocycles. The van der Waals surface area contributed by atoms with Crippen LogP contribution in [0.4, 0.5) is 18.0 Å². The van der Waals surface area contributed by atoms with Gasteiger partial charge >= 0.3 is 12.4 Å². The Hall–Kier alpha value is -3.76. The molecular weight excluding hydrogens is 433 g/mol. The van der Waals surface area contributed by atoms with Gasteiger partial charge in [0.25, 0.3) is 5.91 Å². The van der Waals surface area contributed by atoms with Gasteiger partial charge in [0.15, 0.2) is 5.78 Å². The Bertz CT molecular complexity index is 1050. The lowest BCUT2D eigenvalue weighted by Gasteiger charge is -2.22. The van der Waals surface area contributed by atoms with Gasteiger partial charge in [-0.05, 0) is 36.8 Å². The maximum atomic E-state index is 13.0. The molecule has 1 unspecified atom stereocenters. The molecule has 1 fully saturated rings. The first-order valence-electron chi connectivity index (χ1n) is 9.24. The van der Waals surface area contributed by atoms with Gasteiger partial charge in [-0.1, -0.05) is 12.1 Å². The zero-order valence-corrected chi connectivity index (χ0v) is 17.3. The number of ketones is 1. The fraction of sp³-hybridized carbons (Fsp3) is 0.286. The van der Waals surface area contributed by atoms with Gasteiger partial charge in [-0.2, -0.15) is 0 Å². The summed E-state index contributed by atoms with van der Waals surface area (Å²) in [5.41, 5.74) is -1.20. The standard InChI is InChI=1S/C21H19F3N2O6/c1-20(12-4-6-13(7-5-12)32-21(22,23)24)18(28)26(19(29)25-20)11-16(27)15-9-8-14(30-2)10-17(15)31-3/h4-10H,11H2,1-3H3,(H,25,29). The molecule has 0 radical (unpaired) electrons. The van der Waals surface area contributed by atoms with Crippen LogP contribution in [0.5, 0.6) is 17.2 Å². The minimum Gasteiger partial charge on any atom is -0.497 e. The van der Waals surface area contributed by atoms with E-state index in [0.717, 1.165) is 17.0 Å². The summed E-state index contributed by atoms with van der Waals surface area (Å²) >= 11 is 0. The van der Waals surface area contributed by atoms with Crippen LogP contribution in [0.15, 0.2) is 42.5 Å². The zero-order chi connectivity index (χ0) is 23.7. The number of imide groups is 1. The lowest BCUT2D eigenvalue weighted by Crippen LogP contribution is -2.41. The van der Waals surface area contributed by atoms with Crippen LogP contribution in [0.25, 0.3) is 0 Å². The molecule has 1 aliphatic rings. The molecule has 0 bridgehead atoms. The Morgan fingerprint density at radius 3 is 2.22 bits per heavy atom. The van der Waals surface area contributed by atoms with Crippen LogP contribution in [-0.4, -0.2) is 49.7 Å². The average molecular weight is 452 g/mol. The Labute approximate surface area is 180 Å².